The highest BCUT2D eigenvalue weighted by atomic mass is 32.1. The van der Waals surface area contributed by atoms with Gasteiger partial charge in [-0.15, -0.1) is 0 Å². The van der Waals surface area contributed by atoms with E-state index in [0.717, 1.165) is 11.7 Å². The zero-order valence-corrected chi connectivity index (χ0v) is 9.61. The molecule has 0 saturated carbocycles. The van der Waals surface area contributed by atoms with Crippen LogP contribution >= 0.6 is 12.6 Å². The highest BCUT2D eigenvalue weighted by Gasteiger charge is 2.03. The summed E-state index contributed by atoms with van der Waals surface area (Å²) in [4.78, 5) is 2.41. The summed E-state index contributed by atoms with van der Waals surface area (Å²) >= 11 is 4.27. The lowest BCUT2D eigenvalue weighted by Crippen LogP contribution is -2.26. The van der Waals surface area contributed by atoms with Crippen LogP contribution in [0, 0.1) is 5.92 Å². The van der Waals surface area contributed by atoms with Gasteiger partial charge >= 0.3 is 0 Å². The van der Waals surface area contributed by atoms with Gasteiger partial charge < -0.3 is 4.90 Å². The van der Waals surface area contributed by atoms with Crippen molar-refractivity contribution in [1.29, 1.82) is 0 Å². The van der Waals surface area contributed by atoms with Crippen LogP contribution in [-0.2, 0) is 0 Å². The summed E-state index contributed by atoms with van der Waals surface area (Å²) < 4.78 is 0. The standard InChI is InChI=1S/C10H23NS/c1-4-5-6-7-11(3)8-10(2)9-12/h10,12H,4-9H2,1-3H3. The van der Waals surface area contributed by atoms with E-state index < -0.39 is 0 Å². The molecular formula is C10H23NS. The maximum atomic E-state index is 4.27. The molecule has 0 spiro atoms. The minimum Gasteiger partial charge on any atom is -0.306 e. The van der Waals surface area contributed by atoms with E-state index in [1.54, 1.807) is 0 Å². The summed E-state index contributed by atoms with van der Waals surface area (Å²) in [6, 6.07) is 0. The first-order chi connectivity index (χ1) is 5.70. The van der Waals surface area contributed by atoms with Crippen LogP contribution in [0.4, 0.5) is 0 Å². The molecule has 0 N–H and O–H groups in total. The third kappa shape index (κ3) is 6.99. The molecule has 0 saturated heterocycles. The predicted molar refractivity (Wildman–Crippen MR) is 60.0 cm³/mol. The first-order valence-corrected chi connectivity index (χ1v) is 5.63. The molecule has 1 atom stereocenters. The van der Waals surface area contributed by atoms with Gasteiger partial charge in [0.1, 0.15) is 0 Å². The Bertz CT molecular complexity index is 95.8. The smallest absolute Gasteiger partial charge is 0.00118 e. The second-order valence-electron chi connectivity index (χ2n) is 3.76. The minimum atomic E-state index is 0.722. The molecule has 0 amide bonds. The van der Waals surface area contributed by atoms with Crippen LogP contribution < -0.4 is 0 Å². The third-order valence-electron chi connectivity index (χ3n) is 2.08. The largest absolute Gasteiger partial charge is 0.306 e. The molecule has 0 heterocycles. The molecule has 74 valence electrons. The van der Waals surface area contributed by atoms with Gasteiger partial charge in [-0.1, -0.05) is 26.7 Å². The normalized spacial score (nSPS) is 13.8. The van der Waals surface area contributed by atoms with Gasteiger partial charge in [0.25, 0.3) is 0 Å². The first kappa shape index (κ1) is 12.3. The molecular weight excluding hydrogens is 166 g/mol. The Morgan fingerprint density at radius 1 is 1.33 bits per heavy atom. The van der Waals surface area contributed by atoms with Crippen molar-refractivity contribution >= 4 is 12.6 Å². The predicted octanol–water partition coefficient (Wildman–Crippen LogP) is 2.67. The van der Waals surface area contributed by atoms with Crippen LogP contribution in [0.2, 0.25) is 0 Å². The van der Waals surface area contributed by atoms with E-state index >= 15 is 0 Å². The molecule has 0 rings (SSSR count). The molecule has 0 aliphatic rings. The molecule has 0 aromatic heterocycles. The number of unbranched alkanes of at least 4 members (excludes halogenated alkanes) is 2. The number of thiol groups is 1. The Morgan fingerprint density at radius 3 is 2.50 bits per heavy atom. The van der Waals surface area contributed by atoms with E-state index in [4.69, 9.17) is 0 Å². The number of rotatable bonds is 7. The molecule has 2 heteroatoms. The van der Waals surface area contributed by atoms with Crippen molar-refractivity contribution in [3.63, 3.8) is 0 Å². The Labute approximate surface area is 82.9 Å². The topological polar surface area (TPSA) is 3.24 Å². The Balaban J connectivity index is 3.26. The van der Waals surface area contributed by atoms with Gasteiger partial charge in [0.05, 0.1) is 0 Å². The highest BCUT2D eigenvalue weighted by molar-refractivity contribution is 7.80. The average molecular weight is 189 g/mol. The van der Waals surface area contributed by atoms with Crippen LogP contribution in [0.15, 0.2) is 0 Å². The van der Waals surface area contributed by atoms with Gasteiger partial charge in [-0.05, 0) is 31.7 Å². The molecule has 0 aromatic carbocycles. The lowest BCUT2D eigenvalue weighted by atomic mass is 10.2. The van der Waals surface area contributed by atoms with Crippen molar-refractivity contribution < 1.29 is 0 Å². The molecule has 0 aliphatic heterocycles. The first-order valence-electron chi connectivity index (χ1n) is 5.00. The number of hydrogen-bond donors (Lipinski definition) is 1. The summed E-state index contributed by atoms with van der Waals surface area (Å²) in [6.45, 7) is 6.93. The molecule has 0 aliphatic carbocycles. The maximum Gasteiger partial charge on any atom is 0.00118 e. The van der Waals surface area contributed by atoms with Gasteiger partial charge in [0, 0.05) is 6.54 Å². The monoisotopic (exact) mass is 189 g/mol. The van der Waals surface area contributed by atoms with E-state index in [1.807, 2.05) is 0 Å². The Kier molecular flexibility index (Phi) is 8.14. The highest BCUT2D eigenvalue weighted by Crippen LogP contribution is 2.02. The molecule has 0 radical (unpaired) electrons. The summed E-state index contributed by atoms with van der Waals surface area (Å²) in [5.74, 6) is 1.72. The van der Waals surface area contributed by atoms with Crippen LogP contribution in [-0.4, -0.2) is 30.8 Å². The van der Waals surface area contributed by atoms with Crippen LogP contribution in [0.1, 0.15) is 33.1 Å². The van der Waals surface area contributed by atoms with Crippen LogP contribution in [0.5, 0.6) is 0 Å². The van der Waals surface area contributed by atoms with Crippen LogP contribution in [0.25, 0.3) is 0 Å². The van der Waals surface area contributed by atoms with Crippen molar-refractivity contribution in [2.45, 2.75) is 33.1 Å². The fourth-order valence-corrected chi connectivity index (χ4v) is 1.43. The Morgan fingerprint density at radius 2 is 2.00 bits per heavy atom. The van der Waals surface area contributed by atoms with Crippen molar-refractivity contribution in [3.05, 3.63) is 0 Å². The number of nitrogens with zero attached hydrogens (tertiary/aromatic N) is 1. The fraction of sp³-hybridized carbons (Fsp3) is 1.00. The molecule has 12 heavy (non-hydrogen) atoms. The second-order valence-corrected chi connectivity index (χ2v) is 4.12. The summed E-state index contributed by atoms with van der Waals surface area (Å²) in [5, 5.41) is 0. The fourth-order valence-electron chi connectivity index (χ4n) is 1.31. The molecule has 0 aromatic rings. The summed E-state index contributed by atoms with van der Waals surface area (Å²) in [7, 11) is 2.20. The quantitative estimate of drug-likeness (QED) is 0.476. The lowest BCUT2D eigenvalue weighted by Gasteiger charge is -2.19. The van der Waals surface area contributed by atoms with E-state index in [2.05, 4.69) is 38.4 Å². The van der Waals surface area contributed by atoms with E-state index in [-0.39, 0.29) is 0 Å². The van der Waals surface area contributed by atoms with Gasteiger partial charge in [0.2, 0.25) is 0 Å². The summed E-state index contributed by atoms with van der Waals surface area (Å²) in [5.41, 5.74) is 0. The second kappa shape index (κ2) is 7.93. The van der Waals surface area contributed by atoms with E-state index in [9.17, 15) is 0 Å². The van der Waals surface area contributed by atoms with Crippen molar-refractivity contribution in [2.75, 3.05) is 25.9 Å². The molecule has 1 nitrogen and oxygen atoms in total. The van der Waals surface area contributed by atoms with Crippen molar-refractivity contribution in [1.82, 2.24) is 4.90 Å². The van der Waals surface area contributed by atoms with Crippen molar-refractivity contribution in [3.8, 4) is 0 Å². The van der Waals surface area contributed by atoms with Gasteiger partial charge in [-0.2, -0.15) is 12.6 Å². The zero-order valence-electron chi connectivity index (χ0n) is 8.71. The summed E-state index contributed by atoms with van der Waals surface area (Å²) in [6.07, 6.45) is 4.02. The van der Waals surface area contributed by atoms with Gasteiger partial charge in [-0.25, -0.2) is 0 Å². The van der Waals surface area contributed by atoms with Crippen molar-refractivity contribution in [2.24, 2.45) is 5.92 Å². The zero-order chi connectivity index (χ0) is 9.40. The molecule has 1 unspecified atom stereocenters. The minimum absolute atomic E-state index is 0.722. The molecule has 0 bridgehead atoms. The SMILES string of the molecule is CCCCCN(C)CC(C)CS. The third-order valence-corrected chi connectivity index (χ3v) is 2.70. The van der Waals surface area contributed by atoms with Gasteiger partial charge in [0.15, 0.2) is 0 Å². The average Bonchev–Trinajstić information content (AvgIpc) is 2.05. The number of hydrogen-bond acceptors (Lipinski definition) is 2. The molecule has 0 fully saturated rings. The van der Waals surface area contributed by atoms with E-state index in [0.29, 0.717) is 0 Å². The van der Waals surface area contributed by atoms with Crippen LogP contribution in [0.3, 0.4) is 0 Å². The lowest BCUT2D eigenvalue weighted by molar-refractivity contribution is 0.291. The Hall–Kier alpha value is 0.310. The maximum absolute atomic E-state index is 4.27. The van der Waals surface area contributed by atoms with Gasteiger partial charge in [-0.3, -0.25) is 0 Å². The van der Waals surface area contributed by atoms with E-state index in [1.165, 1.54) is 32.4 Å².